The molecule has 0 bridgehead atoms. The first-order valence-electron chi connectivity index (χ1n) is 4.12. The molecule has 0 radical (unpaired) electrons. The van der Waals surface area contributed by atoms with Gasteiger partial charge in [0.1, 0.15) is 0 Å². The lowest BCUT2D eigenvalue weighted by Gasteiger charge is -2.27. The molecule has 0 aliphatic carbocycles. The molecule has 0 aromatic carbocycles. The van der Waals surface area contributed by atoms with Gasteiger partial charge in [-0.2, -0.15) is 4.31 Å². The molecule has 72 valence electrons. The number of morpholine rings is 1. The van der Waals surface area contributed by atoms with Crippen molar-refractivity contribution >= 4 is 10.0 Å². The second kappa shape index (κ2) is 3.72. The molecule has 0 spiro atoms. The van der Waals surface area contributed by atoms with Gasteiger partial charge < -0.3 is 4.74 Å². The Balaban J connectivity index is 2.67. The van der Waals surface area contributed by atoms with Crippen LogP contribution in [-0.2, 0) is 14.8 Å². The van der Waals surface area contributed by atoms with Crippen molar-refractivity contribution < 1.29 is 13.2 Å². The molecule has 1 saturated heterocycles. The topological polar surface area (TPSA) is 46.6 Å². The zero-order valence-corrected chi connectivity index (χ0v) is 8.30. The van der Waals surface area contributed by atoms with E-state index >= 15 is 0 Å². The van der Waals surface area contributed by atoms with Gasteiger partial charge in [-0.25, -0.2) is 8.42 Å². The van der Waals surface area contributed by atoms with Gasteiger partial charge in [-0.05, 0) is 13.8 Å². The van der Waals surface area contributed by atoms with Gasteiger partial charge in [-0.1, -0.05) is 0 Å². The number of ether oxygens (including phenoxy) is 1. The van der Waals surface area contributed by atoms with E-state index in [1.165, 1.54) is 4.31 Å². The van der Waals surface area contributed by atoms with Gasteiger partial charge in [0.15, 0.2) is 0 Å². The highest BCUT2D eigenvalue weighted by Gasteiger charge is 2.26. The summed E-state index contributed by atoms with van der Waals surface area (Å²) < 4.78 is 29.7. The average molecular weight is 193 g/mol. The second-order valence-electron chi connectivity index (χ2n) is 3.11. The van der Waals surface area contributed by atoms with Crippen LogP contribution in [-0.4, -0.2) is 44.3 Å². The maximum Gasteiger partial charge on any atom is 0.216 e. The van der Waals surface area contributed by atoms with Crippen LogP contribution in [0.15, 0.2) is 0 Å². The quantitative estimate of drug-likeness (QED) is 0.623. The van der Waals surface area contributed by atoms with Crippen LogP contribution in [0, 0.1) is 0 Å². The third-order valence-corrected chi connectivity index (χ3v) is 4.20. The summed E-state index contributed by atoms with van der Waals surface area (Å²) in [6.45, 7) is 5.44. The Labute approximate surface area is 73.6 Å². The molecular formula is C7H15NO3S. The summed E-state index contributed by atoms with van der Waals surface area (Å²) in [5.41, 5.74) is 0. The molecule has 1 aliphatic rings. The van der Waals surface area contributed by atoms with Crippen LogP contribution in [0.2, 0.25) is 0 Å². The van der Waals surface area contributed by atoms with Gasteiger partial charge in [-0.3, -0.25) is 0 Å². The van der Waals surface area contributed by atoms with Gasteiger partial charge >= 0.3 is 0 Å². The first kappa shape index (κ1) is 9.95. The van der Waals surface area contributed by atoms with Gasteiger partial charge in [0.2, 0.25) is 10.0 Å². The van der Waals surface area contributed by atoms with E-state index in [0.29, 0.717) is 26.3 Å². The standard InChI is InChI=1S/C7H15NO3S/c1-7(2)12(9,10)8-3-5-11-6-4-8/h7H,3-6H2,1-2H3. The summed E-state index contributed by atoms with van der Waals surface area (Å²) in [5, 5.41) is -0.324. The van der Waals surface area contributed by atoms with E-state index in [0.717, 1.165) is 0 Å². The van der Waals surface area contributed by atoms with Crippen molar-refractivity contribution in [2.75, 3.05) is 26.3 Å². The Morgan fingerprint density at radius 2 is 1.75 bits per heavy atom. The smallest absolute Gasteiger partial charge is 0.216 e. The highest BCUT2D eigenvalue weighted by molar-refractivity contribution is 7.89. The molecule has 0 atom stereocenters. The fraction of sp³-hybridized carbons (Fsp3) is 1.00. The maximum atomic E-state index is 11.6. The Bertz CT molecular complexity index is 229. The van der Waals surface area contributed by atoms with Crippen LogP contribution < -0.4 is 0 Å². The summed E-state index contributed by atoms with van der Waals surface area (Å²) in [6.07, 6.45) is 0. The molecule has 1 fully saturated rings. The molecule has 0 saturated carbocycles. The fourth-order valence-electron chi connectivity index (χ4n) is 1.10. The Kier molecular flexibility index (Phi) is 3.09. The summed E-state index contributed by atoms with van der Waals surface area (Å²) >= 11 is 0. The summed E-state index contributed by atoms with van der Waals surface area (Å²) in [7, 11) is -3.05. The number of sulfonamides is 1. The van der Waals surface area contributed by atoms with E-state index in [9.17, 15) is 8.42 Å². The van der Waals surface area contributed by atoms with E-state index in [4.69, 9.17) is 4.74 Å². The third kappa shape index (κ3) is 1.97. The lowest BCUT2D eigenvalue weighted by atomic mass is 10.5. The van der Waals surface area contributed by atoms with Gasteiger partial charge in [0.25, 0.3) is 0 Å². The summed E-state index contributed by atoms with van der Waals surface area (Å²) in [6, 6.07) is 0. The van der Waals surface area contributed by atoms with Gasteiger partial charge in [-0.15, -0.1) is 0 Å². The zero-order valence-electron chi connectivity index (χ0n) is 7.49. The molecule has 1 heterocycles. The van der Waals surface area contributed by atoms with Crippen molar-refractivity contribution in [3.05, 3.63) is 0 Å². The number of hydrogen-bond donors (Lipinski definition) is 0. The Morgan fingerprint density at radius 1 is 1.25 bits per heavy atom. The monoisotopic (exact) mass is 193 g/mol. The largest absolute Gasteiger partial charge is 0.379 e. The molecular weight excluding hydrogens is 178 g/mol. The maximum absolute atomic E-state index is 11.6. The summed E-state index contributed by atoms with van der Waals surface area (Å²) in [5.74, 6) is 0. The second-order valence-corrected chi connectivity index (χ2v) is 5.59. The van der Waals surface area contributed by atoms with Crippen molar-refractivity contribution in [3.8, 4) is 0 Å². The third-order valence-electron chi connectivity index (χ3n) is 1.93. The lowest BCUT2D eigenvalue weighted by molar-refractivity contribution is 0.0727. The van der Waals surface area contributed by atoms with Gasteiger partial charge in [0.05, 0.1) is 18.5 Å². The minimum Gasteiger partial charge on any atom is -0.379 e. The predicted octanol–water partition coefficient (Wildman–Crippen LogP) is 0.0568. The van der Waals surface area contributed by atoms with E-state index in [1.807, 2.05) is 0 Å². The van der Waals surface area contributed by atoms with Crippen LogP contribution in [0.25, 0.3) is 0 Å². The van der Waals surface area contributed by atoms with Crippen LogP contribution in [0.4, 0.5) is 0 Å². The predicted molar refractivity (Wildman–Crippen MR) is 46.4 cm³/mol. The number of hydrogen-bond acceptors (Lipinski definition) is 3. The molecule has 1 rings (SSSR count). The molecule has 0 aromatic rings. The average Bonchev–Trinajstić information content (AvgIpc) is 2.06. The number of rotatable bonds is 2. The zero-order chi connectivity index (χ0) is 9.19. The molecule has 4 nitrogen and oxygen atoms in total. The minimum absolute atomic E-state index is 0.324. The molecule has 0 amide bonds. The van der Waals surface area contributed by atoms with Crippen molar-refractivity contribution in [1.82, 2.24) is 4.31 Å². The minimum atomic E-state index is -3.05. The van der Waals surface area contributed by atoms with E-state index < -0.39 is 10.0 Å². The lowest BCUT2D eigenvalue weighted by Crippen LogP contribution is -2.43. The van der Waals surface area contributed by atoms with Crippen LogP contribution in [0.1, 0.15) is 13.8 Å². The molecule has 12 heavy (non-hydrogen) atoms. The molecule has 5 heteroatoms. The van der Waals surface area contributed by atoms with E-state index in [1.54, 1.807) is 13.8 Å². The van der Waals surface area contributed by atoms with E-state index in [-0.39, 0.29) is 5.25 Å². The molecule has 0 unspecified atom stereocenters. The molecule has 1 aliphatic heterocycles. The SMILES string of the molecule is CC(C)S(=O)(=O)N1CCOCC1. The Hall–Kier alpha value is -0.130. The summed E-state index contributed by atoms with van der Waals surface area (Å²) in [4.78, 5) is 0. The van der Waals surface area contributed by atoms with Crippen LogP contribution in [0.3, 0.4) is 0 Å². The molecule has 0 aromatic heterocycles. The van der Waals surface area contributed by atoms with Crippen LogP contribution in [0.5, 0.6) is 0 Å². The van der Waals surface area contributed by atoms with Crippen molar-refractivity contribution in [2.24, 2.45) is 0 Å². The van der Waals surface area contributed by atoms with Crippen molar-refractivity contribution in [2.45, 2.75) is 19.1 Å². The first-order chi connectivity index (χ1) is 5.55. The van der Waals surface area contributed by atoms with Crippen molar-refractivity contribution in [1.29, 1.82) is 0 Å². The number of nitrogens with zero attached hydrogens (tertiary/aromatic N) is 1. The fourth-order valence-corrected chi connectivity index (χ4v) is 2.35. The Morgan fingerprint density at radius 3 is 2.17 bits per heavy atom. The highest BCUT2D eigenvalue weighted by Crippen LogP contribution is 2.10. The van der Waals surface area contributed by atoms with Crippen molar-refractivity contribution in [3.63, 3.8) is 0 Å². The normalized spacial score (nSPS) is 21.6. The molecule has 0 N–H and O–H groups in total. The van der Waals surface area contributed by atoms with Gasteiger partial charge in [0, 0.05) is 13.1 Å². The van der Waals surface area contributed by atoms with Crippen LogP contribution >= 0.6 is 0 Å². The highest BCUT2D eigenvalue weighted by atomic mass is 32.2. The van der Waals surface area contributed by atoms with E-state index in [2.05, 4.69) is 0 Å². The first-order valence-corrected chi connectivity index (χ1v) is 5.62.